The molecule has 0 saturated heterocycles. The van der Waals surface area contributed by atoms with E-state index >= 15 is 0 Å². The molecule has 132 valence electrons. The summed E-state index contributed by atoms with van der Waals surface area (Å²) >= 11 is 0. The van der Waals surface area contributed by atoms with Crippen LogP contribution in [0.15, 0.2) is 48.5 Å². The number of amides is 1. The smallest absolute Gasteiger partial charge is 0.259 e. The Morgan fingerprint density at radius 3 is 2.65 bits per heavy atom. The van der Waals surface area contributed by atoms with Crippen LogP contribution in [0, 0.1) is 12.7 Å². The number of halogens is 1. The number of aryl methyl sites for hydroxylation is 1. The van der Waals surface area contributed by atoms with Crippen LogP contribution in [-0.2, 0) is 22.3 Å². The number of hydrogen-bond acceptors (Lipinski definition) is 3. The Labute approximate surface area is 152 Å². The molecule has 1 aliphatic heterocycles. The quantitative estimate of drug-likeness (QED) is 0.770. The number of carbonyl (C=O) groups is 1. The zero-order valence-electron chi connectivity index (χ0n) is 14.0. The zero-order valence-corrected chi connectivity index (χ0v) is 14.8. The van der Waals surface area contributed by atoms with Crippen LogP contribution in [0.5, 0.6) is 0 Å². The molecule has 1 atom stereocenters. The molecular formula is C19H16FN3O2S. The minimum Gasteiger partial charge on any atom is -0.306 e. The molecule has 1 aromatic heterocycles. The number of para-hydroxylation sites is 1. The maximum absolute atomic E-state index is 14.0. The zero-order chi connectivity index (χ0) is 18.3. The van der Waals surface area contributed by atoms with E-state index in [-0.39, 0.29) is 5.56 Å². The van der Waals surface area contributed by atoms with E-state index in [1.54, 1.807) is 10.7 Å². The number of aromatic nitrogens is 2. The van der Waals surface area contributed by atoms with Crippen LogP contribution >= 0.6 is 0 Å². The molecule has 5 nitrogen and oxygen atoms in total. The van der Waals surface area contributed by atoms with Crippen molar-refractivity contribution in [3.63, 3.8) is 0 Å². The Balaban J connectivity index is 1.80. The highest BCUT2D eigenvalue weighted by Crippen LogP contribution is 2.32. The highest BCUT2D eigenvalue weighted by molar-refractivity contribution is 7.83. The highest BCUT2D eigenvalue weighted by Gasteiger charge is 2.29. The van der Waals surface area contributed by atoms with Gasteiger partial charge in [0.1, 0.15) is 11.6 Å². The predicted molar refractivity (Wildman–Crippen MR) is 98.2 cm³/mol. The van der Waals surface area contributed by atoms with E-state index < -0.39 is 22.5 Å². The molecule has 7 heteroatoms. The van der Waals surface area contributed by atoms with Crippen molar-refractivity contribution in [3.8, 4) is 5.69 Å². The summed E-state index contributed by atoms with van der Waals surface area (Å²) < 4.78 is 27.5. The van der Waals surface area contributed by atoms with E-state index in [4.69, 9.17) is 0 Å². The van der Waals surface area contributed by atoms with E-state index in [1.165, 1.54) is 18.2 Å². The molecule has 1 N–H and O–H groups in total. The van der Waals surface area contributed by atoms with Gasteiger partial charge in [-0.05, 0) is 30.7 Å². The Morgan fingerprint density at radius 1 is 1.15 bits per heavy atom. The first-order valence-electron chi connectivity index (χ1n) is 8.12. The van der Waals surface area contributed by atoms with Gasteiger partial charge in [-0.25, -0.2) is 9.07 Å². The topological polar surface area (TPSA) is 64.0 Å². The van der Waals surface area contributed by atoms with Crippen molar-refractivity contribution in [1.29, 1.82) is 0 Å². The lowest BCUT2D eigenvalue weighted by molar-refractivity contribution is 0.102. The van der Waals surface area contributed by atoms with Gasteiger partial charge in [0.25, 0.3) is 5.91 Å². The number of fused-ring (bicyclic) bond motifs is 1. The summed E-state index contributed by atoms with van der Waals surface area (Å²) in [6.07, 6.45) is 0. The second kappa shape index (κ2) is 6.49. The molecule has 1 amide bonds. The fraction of sp³-hybridized carbons (Fsp3) is 0.158. The molecule has 0 aliphatic carbocycles. The largest absolute Gasteiger partial charge is 0.306 e. The van der Waals surface area contributed by atoms with Gasteiger partial charge in [-0.2, -0.15) is 5.10 Å². The predicted octanol–water partition coefficient (Wildman–Crippen LogP) is 3.33. The van der Waals surface area contributed by atoms with E-state index in [2.05, 4.69) is 10.4 Å². The second-order valence-electron chi connectivity index (χ2n) is 6.13. The van der Waals surface area contributed by atoms with Crippen LogP contribution in [0.2, 0.25) is 0 Å². The molecule has 0 spiro atoms. The number of benzene rings is 2. The molecule has 0 unspecified atom stereocenters. The summed E-state index contributed by atoms with van der Waals surface area (Å²) in [4.78, 5) is 12.6. The molecular weight excluding hydrogens is 353 g/mol. The third-order valence-corrected chi connectivity index (χ3v) is 5.57. The van der Waals surface area contributed by atoms with Crippen LogP contribution in [0.1, 0.15) is 27.2 Å². The van der Waals surface area contributed by atoms with Crippen LogP contribution in [0.4, 0.5) is 10.2 Å². The summed E-state index contributed by atoms with van der Waals surface area (Å²) in [6.45, 7) is 1.95. The molecule has 0 radical (unpaired) electrons. The number of hydrogen-bond donors (Lipinski definition) is 1. The Kier molecular flexibility index (Phi) is 4.16. The third-order valence-electron chi connectivity index (χ3n) is 4.36. The van der Waals surface area contributed by atoms with Crippen molar-refractivity contribution >= 4 is 22.5 Å². The lowest BCUT2D eigenvalue weighted by Gasteiger charge is -2.13. The van der Waals surface area contributed by atoms with Gasteiger partial charge in [-0.15, -0.1) is 0 Å². The van der Waals surface area contributed by atoms with Crippen LogP contribution in [0.3, 0.4) is 0 Å². The summed E-state index contributed by atoms with van der Waals surface area (Å²) in [6, 6.07) is 13.5. The third kappa shape index (κ3) is 2.84. The molecule has 4 rings (SSSR count). The standard InChI is InChI=1S/C19H16FN3O2S/c1-12-6-2-5-9-17(12)23-18(14-10-26(25)11-16(14)22-23)21-19(24)13-7-3-4-8-15(13)20/h2-9H,10-11H2,1H3,(H,21,24)/t26-/m1/s1. The fourth-order valence-corrected chi connectivity index (χ4v) is 4.32. The second-order valence-corrected chi connectivity index (χ2v) is 7.59. The monoisotopic (exact) mass is 369 g/mol. The molecule has 1 aliphatic rings. The van der Waals surface area contributed by atoms with E-state index in [0.29, 0.717) is 23.0 Å². The van der Waals surface area contributed by atoms with E-state index in [1.807, 2.05) is 31.2 Å². The van der Waals surface area contributed by atoms with Gasteiger partial charge in [0.2, 0.25) is 0 Å². The first kappa shape index (κ1) is 16.7. The van der Waals surface area contributed by atoms with Crippen LogP contribution in [-0.4, -0.2) is 19.9 Å². The van der Waals surface area contributed by atoms with Crippen molar-refractivity contribution in [1.82, 2.24) is 9.78 Å². The summed E-state index contributed by atoms with van der Waals surface area (Å²) in [5, 5.41) is 7.34. The van der Waals surface area contributed by atoms with Gasteiger partial charge in [0.05, 0.1) is 28.5 Å². The maximum Gasteiger partial charge on any atom is 0.259 e. The lowest BCUT2D eigenvalue weighted by atomic mass is 10.2. The first-order chi connectivity index (χ1) is 12.5. The van der Waals surface area contributed by atoms with Crippen LogP contribution < -0.4 is 5.32 Å². The average Bonchev–Trinajstić information content (AvgIpc) is 3.13. The maximum atomic E-state index is 14.0. The molecule has 0 bridgehead atoms. The molecule has 3 aromatic rings. The van der Waals surface area contributed by atoms with Crippen molar-refractivity contribution < 1.29 is 13.4 Å². The molecule has 26 heavy (non-hydrogen) atoms. The van der Waals surface area contributed by atoms with Gasteiger partial charge in [-0.3, -0.25) is 9.00 Å². The minimum atomic E-state index is -1.03. The van der Waals surface area contributed by atoms with Gasteiger partial charge in [0.15, 0.2) is 0 Å². The number of anilines is 1. The van der Waals surface area contributed by atoms with Gasteiger partial charge in [0, 0.05) is 16.4 Å². The number of nitrogens with zero attached hydrogens (tertiary/aromatic N) is 2. The fourth-order valence-electron chi connectivity index (χ4n) is 3.05. The van der Waals surface area contributed by atoms with Crippen LogP contribution in [0.25, 0.3) is 5.69 Å². The molecule has 0 saturated carbocycles. The molecule has 2 heterocycles. The van der Waals surface area contributed by atoms with Crippen molar-refractivity contribution in [2.45, 2.75) is 18.4 Å². The average molecular weight is 369 g/mol. The summed E-state index contributed by atoms with van der Waals surface area (Å²) in [7, 11) is -1.03. The van der Waals surface area contributed by atoms with E-state index in [0.717, 1.165) is 16.8 Å². The summed E-state index contributed by atoms with van der Waals surface area (Å²) in [5.74, 6) is -0.0101. The van der Waals surface area contributed by atoms with Gasteiger partial charge < -0.3 is 5.32 Å². The normalized spacial score (nSPS) is 15.7. The summed E-state index contributed by atoms with van der Waals surface area (Å²) in [5.41, 5.74) is 3.21. The van der Waals surface area contributed by atoms with Gasteiger partial charge in [-0.1, -0.05) is 30.3 Å². The van der Waals surface area contributed by atoms with Gasteiger partial charge >= 0.3 is 0 Å². The van der Waals surface area contributed by atoms with E-state index in [9.17, 15) is 13.4 Å². The van der Waals surface area contributed by atoms with Crippen molar-refractivity contribution in [2.24, 2.45) is 0 Å². The molecule has 2 aromatic carbocycles. The Bertz CT molecular complexity index is 1050. The first-order valence-corrected chi connectivity index (χ1v) is 9.61. The Morgan fingerprint density at radius 2 is 1.88 bits per heavy atom. The van der Waals surface area contributed by atoms with Crippen molar-refractivity contribution in [2.75, 3.05) is 5.32 Å². The SMILES string of the molecule is Cc1ccccc1-n1nc2c(c1NC(=O)c1ccccc1F)C[S@@](=O)C2. The number of rotatable bonds is 3. The van der Waals surface area contributed by atoms with Crippen molar-refractivity contribution in [3.05, 3.63) is 76.7 Å². The highest BCUT2D eigenvalue weighted by atomic mass is 32.2. The number of nitrogens with one attached hydrogen (secondary N) is 1. The molecule has 0 fully saturated rings. The lowest BCUT2D eigenvalue weighted by Crippen LogP contribution is -2.18. The number of carbonyl (C=O) groups excluding carboxylic acids is 1. The minimum absolute atomic E-state index is 0.0436. The Hall–Kier alpha value is -2.80.